The Balaban J connectivity index is 0.000000161. The van der Waals surface area contributed by atoms with Crippen LogP contribution in [0.3, 0.4) is 0 Å². The molecule has 2 aromatic carbocycles. The van der Waals surface area contributed by atoms with E-state index in [0.717, 1.165) is 13.1 Å². The summed E-state index contributed by atoms with van der Waals surface area (Å²) in [5.74, 6) is 0.577. The van der Waals surface area contributed by atoms with Gasteiger partial charge in [-0.05, 0) is 60.4 Å². The number of carbonyl (C=O) groups excluding carboxylic acids is 2. The SMILES string of the molecule is C=CC(=O)N1Cc2sc(C)cc2[C@@H](c2ccccc2)C1.C=CC(=O)N1Cc2sc(C)cc2[C@H](c2ccccc2)C1. The van der Waals surface area contributed by atoms with Crippen LogP contribution < -0.4 is 0 Å². The van der Waals surface area contributed by atoms with Crippen molar-refractivity contribution in [2.45, 2.75) is 38.8 Å². The normalized spacial score (nSPS) is 17.6. The predicted octanol–water partition coefficient (Wildman–Crippen LogP) is 7.43. The molecule has 2 aliphatic rings. The molecule has 0 radical (unpaired) electrons. The van der Waals surface area contributed by atoms with Crippen LogP contribution in [0.15, 0.2) is 98.1 Å². The standard InChI is InChI=1S/2C17H17NOS/c2*1-3-17(19)18-10-15(13-7-5-4-6-8-13)14-9-12(2)20-16(14)11-18/h2*3-9,15H,1,10-11H2,2H3/t2*15-/m10/s1. The lowest BCUT2D eigenvalue weighted by Crippen LogP contribution is -2.36. The monoisotopic (exact) mass is 566 g/mol. The van der Waals surface area contributed by atoms with Crippen molar-refractivity contribution in [2.24, 2.45) is 0 Å². The highest BCUT2D eigenvalue weighted by molar-refractivity contribution is 7.12. The Bertz CT molecular complexity index is 1400. The van der Waals surface area contributed by atoms with Crippen LogP contribution in [-0.4, -0.2) is 34.7 Å². The van der Waals surface area contributed by atoms with E-state index in [2.05, 4.69) is 87.7 Å². The Hall–Kier alpha value is -3.74. The zero-order valence-corrected chi connectivity index (χ0v) is 24.6. The van der Waals surface area contributed by atoms with Gasteiger partial charge in [-0.2, -0.15) is 0 Å². The molecule has 0 fully saturated rings. The fourth-order valence-corrected chi connectivity index (χ4v) is 7.88. The highest BCUT2D eigenvalue weighted by Gasteiger charge is 2.31. The van der Waals surface area contributed by atoms with Crippen molar-refractivity contribution in [3.8, 4) is 0 Å². The molecule has 0 saturated carbocycles. The molecule has 0 spiro atoms. The molecule has 4 heterocycles. The molecule has 0 aliphatic carbocycles. The van der Waals surface area contributed by atoms with Gasteiger partial charge in [0.1, 0.15) is 0 Å². The number of amides is 2. The van der Waals surface area contributed by atoms with Crippen molar-refractivity contribution in [3.63, 3.8) is 0 Å². The van der Waals surface area contributed by atoms with Gasteiger partial charge in [-0.3, -0.25) is 9.59 Å². The average Bonchev–Trinajstić information content (AvgIpc) is 3.56. The number of rotatable bonds is 4. The van der Waals surface area contributed by atoms with E-state index in [-0.39, 0.29) is 23.7 Å². The van der Waals surface area contributed by atoms with Crippen LogP contribution >= 0.6 is 22.7 Å². The van der Waals surface area contributed by atoms with Crippen LogP contribution in [0.25, 0.3) is 0 Å². The van der Waals surface area contributed by atoms with Gasteiger partial charge in [-0.15, -0.1) is 22.7 Å². The second-order valence-electron chi connectivity index (χ2n) is 10.2. The van der Waals surface area contributed by atoms with Crippen molar-refractivity contribution in [1.82, 2.24) is 9.80 Å². The number of fused-ring (bicyclic) bond motifs is 2. The third-order valence-electron chi connectivity index (χ3n) is 7.53. The summed E-state index contributed by atoms with van der Waals surface area (Å²) in [6.45, 7) is 14.4. The van der Waals surface area contributed by atoms with Gasteiger partial charge in [0.2, 0.25) is 11.8 Å². The summed E-state index contributed by atoms with van der Waals surface area (Å²) in [7, 11) is 0. The highest BCUT2D eigenvalue weighted by Crippen LogP contribution is 2.39. The molecule has 4 nitrogen and oxygen atoms in total. The summed E-state index contributed by atoms with van der Waals surface area (Å²) < 4.78 is 0. The first-order valence-electron chi connectivity index (χ1n) is 13.5. The highest BCUT2D eigenvalue weighted by atomic mass is 32.1. The van der Waals surface area contributed by atoms with Crippen molar-refractivity contribution >= 4 is 34.5 Å². The van der Waals surface area contributed by atoms with E-state index in [9.17, 15) is 9.59 Å². The predicted molar refractivity (Wildman–Crippen MR) is 166 cm³/mol. The maximum absolute atomic E-state index is 12.0. The fraction of sp³-hybridized carbons (Fsp3) is 0.235. The van der Waals surface area contributed by atoms with Gasteiger partial charge in [-0.25, -0.2) is 0 Å². The van der Waals surface area contributed by atoms with Crippen molar-refractivity contribution in [2.75, 3.05) is 13.1 Å². The number of nitrogens with zero attached hydrogens (tertiary/aromatic N) is 2. The lowest BCUT2D eigenvalue weighted by atomic mass is 9.88. The van der Waals surface area contributed by atoms with E-state index in [4.69, 9.17) is 0 Å². The van der Waals surface area contributed by atoms with Crippen LogP contribution in [0.1, 0.15) is 53.6 Å². The molecule has 0 saturated heterocycles. The molecule has 204 valence electrons. The molecule has 0 N–H and O–H groups in total. The summed E-state index contributed by atoms with van der Waals surface area (Å²) in [4.78, 5) is 33.0. The van der Waals surface area contributed by atoms with E-state index in [1.165, 1.54) is 53.9 Å². The van der Waals surface area contributed by atoms with E-state index >= 15 is 0 Å². The van der Waals surface area contributed by atoms with Gasteiger partial charge in [-0.1, -0.05) is 73.8 Å². The lowest BCUT2D eigenvalue weighted by Gasteiger charge is -2.32. The van der Waals surface area contributed by atoms with E-state index in [0.29, 0.717) is 13.1 Å². The zero-order valence-electron chi connectivity index (χ0n) is 23.0. The third-order valence-corrected chi connectivity index (χ3v) is 9.63. The van der Waals surface area contributed by atoms with E-state index < -0.39 is 0 Å². The minimum Gasteiger partial charge on any atom is -0.333 e. The van der Waals surface area contributed by atoms with Crippen LogP contribution in [0.5, 0.6) is 0 Å². The third kappa shape index (κ3) is 5.88. The quantitative estimate of drug-likeness (QED) is 0.241. The molecule has 0 bridgehead atoms. The Kier molecular flexibility index (Phi) is 8.48. The lowest BCUT2D eigenvalue weighted by molar-refractivity contribution is -0.127. The molecule has 6 heteroatoms. The van der Waals surface area contributed by atoms with Gasteiger partial charge in [0.25, 0.3) is 0 Å². The molecular formula is C34H34N2O2S2. The summed E-state index contributed by atoms with van der Waals surface area (Å²) in [5, 5.41) is 0. The number of aryl methyl sites for hydroxylation is 2. The number of hydrogen-bond acceptors (Lipinski definition) is 4. The first-order valence-corrected chi connectivity index (χ1v) is 15.1. The Morgan fingerprint density at radius 1 is 0.700 bits per heavy atom. The van der Waals surface area contributed by atoms with Crippen LogP contribution in [-0.2, 0) is 22.7 Å². The van der Waals surface area contributed by atoms with Crippen molar-refractivity contribution < 1.29 is 9.59 Å². The Morgan fingerprint density at radius 3 is 1.43 bits per heavy atom. The topological polar surface area (TPSA) is 40.6 Å². The van der Waals surface area contributed by atoms with Gasteiger partial charge in [0.15, 0.2) is 0 Å². The number of hydrogen-bond donors (Lipinski definition) is 0. The second-order valence-corrected chi connectivity index (χ2v) is 12.9. The van der Waals surface area contributed by atoms with Gasteiger partial charge >= 0.3 is 0 Å². The fourth-order valence-electron chi connectivity index (χ4n) is 5.65. The summed E-state index contributed by atoms with van der Waals surface area (Å²) in [6.07, 6.45) is 2.82. The molecule has 40 heavy (non-hydrogen) atoms. The average molecular weight is 567 g/mol. The number of thiophene rings is 2. The maximum Gasteiger partial charge on any atom is 0.246 e. The van der Waals surface area contributed by atoms with Crippen LogP contribution in [0.2, 0.25) is 0 Å². The number of carbonyl (C=O) groups is 2. The van der Waals surface area contributed by atoms with Gasteiger partial charge < -0.3 is 9.80 Å². The maximum atomic E-state index is 12.0. The first kappa shape index (κ1) is 27.8. The first-order chi connectivity index (χ1) is 19.4. The van der Waals surface area contributed by atoms with Crippen molar-refractivity contribution in [3.05, 3.63) is 140 Å². The zero-order chi connectivity index (χ0) is 28.2. The molecule has 6 rings (SSSR count). The van der Waals surface area contributed by atoms with Crippen LogP contribution in [0, 0.1) is 13.8 Å². The summed E-state index contributed by atoms with van der Waals surface area (Å²) in [5.41, 5.74) is 5.31. The molecule has 2 amide bonds. The largest absolute Gasteiger partial charge is 0.333 e. The smallest absolute Gasteiger partial charge is 0.246 e. The molecule has 2 aliphatic heterocycles. The van der Waals surface area contributed by atoms with Crippen molar-refractivity contribution in [1.29, 1.82) is 0 Å². The molecular weight excluding hydrogens is 533 g/mol. The minimum atomic E-state index is 0.0163. The number of benzene rings is 2. The van der Waals surface area contributed by atoms with Gasteiger partial charge in [0.05, 0.1) is 13.1 Å². The minimum absolute atomic E-state index is 0.0163. The van der Waals surface area contributed by atoms with Gasteiger partial charge in [0, 0.05) is 44.4 Å². The molecule has 0 unspecified atom stereocenters. The molecule has 2 atom stereocenters. The summed E-state index contributed by atoms with van der Waals surface area (Å²) >= 11 is 3.58. The Morgan fingerprint density at radius 2 is 1.07 bits per heavy atom. The second kappa shape index (κ2) is 12.2. The van der Waals surface area contributed by atoms with E-state index in [1.807, 2.05) is 21.9 Å². The van der Waals surface area contributed by atoms with E-state index in [1.54, 1.807) is 22.7 Å². The Labute approximate surface area is 244 Å². The molecule has 2 aromatic heterocycles. The van der Waals surface area contributed by atoms with Crippen LogP contribution in [0.4, 0.5) is 0 Å². The molecule has 4 aromatic rings. The summed E-state index contributed by atoms with van der Waals surface area (Å²) in [6, 6.07) is 25.4.